The Balaban J connectivity index is 2.25. The lowest BCUT2D eigenvalue weighted by Gasteiger charge is -2.00. The average Bonchev–Trinajstić information content (AvgIpc) is 2.77. The summed E-state index contributed by atoms with van der Waals surface area (Å²) in [5.41, 5.74) is 3.86. The number of nitrogens with zero attached hydrogens (tertiary/aromatic N) is 1. The molecule has 0 spiro atoms. The fourth-order valence-corrected chi connectivity index (χ4v) is 3.41. The molecule has 0 unspecified atom stereocenters. The molecule has 1 nitrogen and oxygen atoms in total. The van der Waals surface area contributed by atoms with E-state index in [0.717, 1.165) is 0 Å². The van der Waals surface area contributed by atoms with Crippen LogP contribution in [0.1, 0.15) is 5.01 Å². The van der Waals surface area contributed by atoms with Crippen LogP contribution in [0, 0.1) is 6.92 Å². The van der Waals surface area contributed by atoms with Crippen LogP contribution in [0.5, 0.6) is 0 Å². The highest BCUT2D eigenvalue weighted by Crippen LogP contribution is 2.34. The maximum atomic E-state index is 2.28. The fourth-order valence-electron chi connectivity index (χ4n) is 2.28. The zero-order valence-electron chi connectivity index (χ0n) is 11.1. The number of rotatable bonds is 2. The Bertz CT molecular complexity index is 684. The first-order chi connectivity index (χ1) is 9.27. The minimum Gasteiger partial charge on any atom is -0.188 e. The van der Waals surface area contributed by atoms with Gasteiger partial charge in [0.25, 0.3) is 0 Å². The summed E-state index contributed by atoms with van der Waals surface area (Å²) in [5.74, 6) is 0. The van der Waals surface area contributed by atoms with Crippen molar-refractivity contribution < 1.29 is 4.57 Å². The van der Waals surface area contributed by atoms with Crippen molar-refractivity contribution in [1.82, 2.24) is 0 Å². The van der Waals surface area contributed by atoms with E-state index in [1.54, 1.807) is 0 Å². The lowest BCUT2D eigenvalue weighted by molar-refractivity contribution is -0.661. The second kappa shape index (κ2) is 4.98. The average molecular weight is 266 g/mol. The van der Waals surface area contributed by atoms with E-state index in [4.69, 9.17) is 0 Å². The number of aromatic nitrogens is 1. The minimum atomic E-state index is 1.27. The summed E-state index contributed by atoms with van der Waals surface area (Å²) in [7, 11) is 2.14. The highest BCUT2D eigenvalue weighted by Gasteiger charge is 2.23. The van der Waals surface area contributed by atoms with Crippen molar-refractivity contribution in [1.29, 1.82) is 0 Å². The molecule has 0 aliphatic carbocycles. The van der Waals surface area contributed by atoms with Crippen LogP contribution in [0.3, 0.4) is 0 Å². The van der Waals surface area contributed by atoms with Gasteiger partial charge in [-0.05, 0) is 17.7 Å². The van der Waals surface area contributed by atoms with Gasteiger partial charge < -0.3 is 0 Å². The number of hydrogen-bond donors (Lipinski definition) is 0. The van der Waals surface area contributed by atoms with Crippen molar-refractivity contribution in [2.45, 2.75) is 6.92 Å². The predicted octanol–water partition coefficient (Wildman–Crippen LogP) is 4.22. The van der Waals surface area contributed by atoms with Gasteiger partial charge in [0.2, 0.25) is 10.7 Å². The van der Waals surface area contributed by atoms with Crippen LogP contribution in [-0.2, 0) is 7.05 Å². The predicted molar refractivity (Wildman–Crippen MR) is 81.1 cm³/mol. The Labute approximate surface area is 117 Å². The van der Waals surface area contributed by atoms with E-state index in [0.29, 0.717) is 0 Å². The second-order valence-corrected chi connectivity index (χ2v) is 5.79. The molecule has 0 atom stereocenters. The monoisotopic (exact) mass is 266 g/mol. The zero-order chi connectivity index (χ0) is 13.2. The number of aryl methyl sites for hydroxylation is 1. The molecule has 0 aliphatic heterocycles. The normalized spacial score (nSPS) is 10.6. The van der Waals surface area contributed by atoms with E-state index in [1.807, 2.05) is 11.3 Å². The van der Waals surface area contributed by atoms with Crippen LogP contribution in [0.4, 0.5) is 0 Å². The molecule has 0 aliphatic rings. The Kier molecular flexibility index (Phi) is 3.18. The summed E-state index contributed by atoms with van der Waals surface area (Å²) in [6, 6.07) is 21.2. The molecule has 0 saturated heterocycles. The molecule has 0 amide bonds. The van der Waals surface area contributed by atoms with E-state index >= 15 is 0 Å². The first-order valence-corrected chi connectivity index (χ1v) is 7.19. The fraction of sp³-hybridized carbons (Fsp3) is 0.118. The van der Waals surface area contributed by atoms with Gasteiger partial charge in [-0.15, -0.1) is 0 Å². The summed E-state index contributed by atoms with van der Waals surface area (Å²) in [6.07, 6.45) is 0. The molecule has 1 heterocycles. The zero-order valence-corrected chi connectivity index (χ0v) is 11.9. The van der Waals surface area contributed by atoms with Crippen molar-refractivity contribution in [3.05, 3.63) is 65.7 Å². The molecular formula is C17H16NS+. The molecule has 3 aromatic rings. The largest absolute Gasteiger partial charge is 0.234 e. The van der Waals surface area contributed by atoms with Crippen LogP contribution in [0.25, 0.3) is 21.7 Å². The molecule has 0 radical (unpaired) electrons. The Morgan fingerprint density at radius 1 is 0.789 bits per heavy atom. The van der Waals surface area contributed by atoms with Crippen LogP contribution < -0.4 is 4.57 Å². The van der Waals surface area contributed by atoms with Crippen molar-refractivity contribution in [3.63, 3.8) is 0 Å². The van der Waals surface area contributed by atoms with Crippen molar-refractivity contribution in [3.8, 4) is 21.7 Å². The first-order valence-electron chi connectivity index (χ1n) is 6.37. The van der Waals surface area contributed by atoms with Gasteiger partial charge in [0.15, 0.2) is 0 Å². The molecule has 0 N–H and O–H groups in total. The molecule has 0 fully saturated rings. The SMILES string of the molecule is Cc1sc(-c2ccccc2)c(-c2ccccc2)[n+]1C. The van der Waals surface area contributed by atoms with Gasteiger partial charge in [-0.1, -0.05) is 59.9 Å². The number of thiazole rings is 1. The number of benzene rings is 2. The van der Waals surface area contributed by atoms with Crippen molar-refractivity contribution in [2.75, 3.05) is 0 Å². The lowest BCUT2D eigenvalue weighted by atomic mass is 10.1. The summed E-state index contributed by atoms with van der Waals surface area (Å²) in [4.78, 5) is 1.34. The third-order valence-corrected chi connectivity index (χ3v) is 4.56. The topological polar surface area (TPSA) is 3.88 Å². The quantitative estimate of drug-likeness (QED) is 0.612. The smallest absolute Gasteiger partial charge is 0.188 e. The van der Waals surface area contributed by atoms with Crippen LogP contribution in [0.15, 0.2) is 60.7 Å². The van der Waals surface area contributed by atoms with E-state index in [2.05, 4.69) is 79.2 Å². The summed E-state index contributed by atoms with van der Waals surface area (Å²) in [5, 5.41) is 1.32. The van der Waals surface area contributed by atoms with Crippen LogP contribution >= 0.6 is 11.3 Å². The molecule has 2 heteroatoms. The van der Waals surface area contributed by atoms with Gasteiger partial charge in [0.1, 0.15) is 11.9 Å². The van der Waals surface area contributed by atoms with Gasteiger partial charge in [-0.2, -0.15) is 4.57 Å². The highest BCUT2D eigenvalue weighted by atomic mass is 32.1. The third kappa shape index (κ3) is 2.20. The summed E-state index contributed by atoms with van der Waals surface area (Å²) in [6.45, 7) is 2.17. The molecule has 1 aromatic heterocycles. The number of hydrogen-bond acceptors (Lipinski definition) is 1. The van der Waals surface area contributed by atoms with Crippen LogP contribution in [0.2, 0.25) is 0 Å². The molecule has 2 aromatic carbocycles. The van der Waals surface area contributed by atoms with Gasteiger partial charge in [0, 0.05) is 12.5 Å². The van der Waals surface area contributed by atoms with Crippen LogP contribution in [-0.4, -0.2) is 0 Å². The van der Waals surface area contributed by atoms with E-state index in [1.165, 1.54) is 26.7 Å². The standard InChI is InChI=1S/C17H16NS/c1-13-18(2)16(14-9-5-3-6-10-14)17(19-13)15-11-7-4-8-12-15/h3-12H,1-2H3/q+1. The van der Waals surface area contributed by atoms with E-state index in [9.17, 15) is 0 Å². The second-order valence-electron chi connectivity index (χ2n) is 4.59. The minimum absolute atomic E-state index is 1.27. The Morgan fingerprint density at radius 2 is 1.32 bits per heavy atom. The summed E-state index contributed by atoms with van der Waals surface area (Å²) >= 11 is 1.85. The van der Waals surface area contributed by atoms with Gasteiger partial charge in [0.05, 0.1) is 0 Å². The first kappa shape index (κ1) is 12.1. The Morgan fingerprint density at radius 3 is 1.89 bits per heavy atom. The molecule has 0 saturated carbocycles. The molecule has 94 valence electrons. The molecule has 19 heavy (non-hydrogen) atoms. The van der Waals surface area contributed by atoms with Crippen molar-refractivity contribution in [2.24, 2.45) is 7.05 Å². The molecular weight excluding hydrogens is 250 g/mol. The van der Waals surface area contributed by atoms with Gasteiger partial charge in [-0.25, -0.2) is 0 Å². The van der Waals surface area contributed by atoms with Gasteiger partial charge in [-0.3, -0.25) is 0 Å². The lowest BCUT2D eigenvalue weighted by Crippen LogP contribution is -2.31. The van der Waals surface area contributed by atoms with Crippen molar-refractivity contribution >= 4 is 11.3 Å². The third-order valence-electron chi connectivity index (χ3n) is 3.36. The Hall–Kier alpha value is -1.93. The maximum Gasteiger partial charge on any atom is 0.234 e. The molecule has 3 rings (SSSR count). The van der Waals surface area contributed by atoms with Gasteiger partial charge >= 0.3 is 0 Å². The molecule has 0 bridgehead atoms. The van der Waals surface area contributed by atoms with E-state index in [-0.39, 0.29) is 0 Å². The highest BCUT2D eigenvalue weighted by molar-refractivity contribution is 7.15. The maximum absolute atomic E-state index is 2.28. The summed E-state index contributed by atoms with van der Waals surface area (Å²) < 4.78 is 2.28. The van der Waals surface area contributed by atoms with E-state index < -0.39 is 0 Å².